The van der Waals surface area contributed by atoms with Crippen molar-refractivity contribution in [3.05, 3.63) is 75.9 Å². The molecule has 90 valence electrons. The van der Waals surface area contributed by atoms with Crippen LogP contribution in [0, 0.1) is 10.1 Å². The summed E-state index contributed by atoms with van der Waals surface area (Å²) in [5.74, 6) is -0.161. The Morgan fingerprint density at radius 1 is 1.28 bits per heavy atom. The quantitative estimate of drug-likeness (QED) is 0.352. The zero-order valence-electron chi connectivity index (χ0n) is 9.58. The number of carbonyl (C=O) groups is 1. The zero-order valence-corrected chi connectivity index (χ0v) is 9.58. The highest BCUT2D eigenvalue weighted by Crippen LogP contribution is 2.14. The lowest BCUT2D eigenvalue weighted by Gasteiger charge is -1.95. The molecule has 4 nitrogen and oxygen atoms in total. The molecule has 0 N–H and O–H groups in total. The molecule has 18 heavy (non-hydrogen) atoms. The summed E-state index contributed by atoms with van der Waals surface area (Å²) < 4.78 is 0. The smallest absolute Gasteiger partial charge is 0.269 e. The Balaban J connectivity index is 2.09. The summed E-state index contributed by atoms with van der Waals surface area (Å²) >= 11 is 0. The van der Waals surface area contributed by atoms with Crippen LogP contribution in [0.3, 0.4) is 0 Å². The van der Waals surface area contributed by atoms with Gasteiger partial charge in [0.15, 0.2) is 5.78 Å². The average molecular weight is 241 g/mol. The first-order chi connectivity index (χ1) is 8.66. The maximum Gasteiger partial charge on any atom is 0.269 e. The molecule has 0 spiro atoms. The Morgan fingerprint density at radius 2 is 2.00 bits per heavy atom. The first-order valence-electron chi connectivity index (χ1n) is 5.50. The maximum absolute atomic E-state index is 11.8. The van der Waals surface area contributed by atoms with Gasteiger partial charge >= 0.3 is 0 Å². The molecule has 1 aliphatic rings. The number of non-ortho nitro benzene ring substituents is 1. The van der Waals surface area contributed by atoms with Gasteiger partial charge in [0, 0.05) is 17.7 Å². The number of nitro groups is 1. The summed E-state index contributed by atoms with van der Waals surface area (Å²) in [6.45, 7) is 0. The lowest BCUT2D eigenvalue weighted by Crippen LogP contribution is -1.95. The highest BCUT2D eigenvalue weighted by Gasteiger charge is 2.07. The van der Waals surface area contributed by atoms with E-state index in [4.69, 9.17) is 0 Å². The molecule has 0 saturated heterocycles. The van der Waals surface area contributed by atoms with E-state index in [9.17, 15) is 14.9 Å². The van der Waals surface area contributed by atoms with E-state index in [0.29, 0.717) is 5.56 Å². The van der Waals surface area contributed by atoms with Gasteiger partial charge in [0.1, 0.15) is 0 Å². The largest absolute Gasteiger partial charge is 0.289 e. The van der Waals surface area contributed by atoms with Gasteiger partial charge in [-0.15, -0.1) is 0 Å². The third kappa shape index (κ3) is 2.79. The summed E-state index contributed by atoms with van der Waals surface area (Å²) in [5, 5.41) is 10.5. The number of rotatable bonds is 4. The van der Waals surface area contributed by atoms with Crippen LogP contribution in [0.15, 0.2) is 60.2 Å². The summed E-state index contributed by atoms with van der Waals surface area (Å²) in [6, 6.07) is 5.58. The van der Waals surface area contributed by atoms with Crippen molar-refractivity contribution in [1.82, 2.24) is 0 Å². The third-order valence-electron chi connectivity index (χ3n) is 2.59. The van der Waals surface area contributed by atoms with Gasteiger partial charge in [-0.05, 0) is 30.2 Å². The molecule has 2 rings (SSSR count). The predicted octanol–water partition coefficient (Wildman–Crippen LogP) is 3.22. The number of hydrogen-bond acceptors (Lipinski definition) is 3. The van der Waals surface area contributed by atoms with Crippen LogP contribution in [0.25, 0.3) is 0 Å². The van der Waals surface area contributed by atoms with Crippen LogP contribution < -0.4 is 0 Å². The number of nitro benzene ring substituents is 1. The molecule has 0 aliphatic heterocycles. The summed E-state index contributed by atoms with van der Waals surface area (Å²) in [4.78, 5) is 21.8. The Morgan fingerprint density at radius 3 is 2.56 bits per heavy atom. The monoisotopic (exact) mass is 241 g/mol. The molecule has 0 amide bonds. The van der Waals surface area contributed by atoms with Crippen LogP contribution in [0.5, 0.6) is 0 Å². The molecule has 0 saturated carbocycles. The standard InChI is InChI=1S/C14H11NO3/c16-14(10-5-11-3-1-2-4-11)12-6-8-13(9-7-12)15(17)18/h1,3-10H,2H2/b10-5+. The van der Waals surface area contributed by atoms with Crippen molar-refractivity contribution < 1.29 is 9.72 Å². The molecule has 0 heterocycles. The van der Waals surface area contributed by atoms with E-state index in [-0.39, 0.29) is 11.5 Å². The van der Waals surface area contributed by atoms with Gasteiger partial charge in [0.05, 0.1) is 4.92 Å². The van der Waals surface area contributed by atoms with Gasteiger partial charge in [-0.25, -0.2) is 0 Å². The van der Waals surface area contributed by atoms with Crippen molar-refractivity contribution in [3.8, 4) is 0 Å². The second-order valence-corrected chi connectivity index (χ2v) is 3.84. The predicted molar refractivity (Wildman–Crippen MR) is 68.4 cm³/mol. The van der Waals surface area contributed by atoms with E-state index < -0.39 is 4.92 Å². The van der Waals surface area contributed by atoms with Gasteiger partial charge in [-0.2, -0.15) is 0 Å². The van der Waals surface area contributed by atoms with E-state index in [0.717, 1.165) is 12.0 Å². The van der Waals surface area contributed by atoms with Crippen LogP contribution >= 0.6 is 0 Å². The van der Waals surface area contributed by atoms with E-state index in [1.54, 1.807) is 6.08 Å². The molecular weight excluding hydrogens is 230 g/mol. The van der Waals surface area contributed by atoms with Crippen LogP contribution in [-0.4, -0.2) is 10.7 Å². The summed E-state index contributed by atoms with van der Waals surface area (Å²) in [5.41, 5.74) is 1.43. The third-order valence-corrected chi connectivity index (χ3v) is 2.59. The summed E-state index contributed by atoms with van der Waals surface area (Å²) in [6.07, 6.45) is 10.1. The maximum atomic E-state index is 11.8. The fourth-order valence-electron chi connectivity index (χ4n) is 1.62. The summed E-state index contributed by atoms with van der Waals surface area (Å²) in [7, 11) is 0. The van der Waals surface area contributed by atoms with Crippen molar-refractivity contribution in [2.45, 2.75) is 6.42 Å². The number of allylic oxidation sites excluding steroid dienone is 6. The number of carbonyl (C=O) groups excluding carboxylic acids is 1. The molecule has 0 aromatic heterocycles. The Bertz CT molecular complexity index is 565. The van der Waals surface area contributed by atoms with E-state index in [2.05, 4.69) is 0 Å². The lowest BCUT2D eigenvalue weighted by atomic mass is 10.1. The van der Waals surface area contributed by atoms with E-state index in [1.807, 2.05) is 18.2 Å². The van der Waals surface area contributed by atoms with Crippen molar-refractivity contribution in [1.29, 1.82) is 0 Å². The number of benzene rings is 1. The molecule has 0 fully saturated rings. The number of hydrogen-bond donors (Lipinski definition) is 0. The van der Waals surface area contributed by atoms with Crippen molar-refractivity contribution in [2.24, 2.45) is 0 Å². The Labute approximate surface area is 104 Å². The topological polar surface area (TPSA) is 60.2 Å². The second-order valence-electron chi connectivity index (χ2n) is 3.84. The first-order valence-corrected chi connectivity index (χ1v) is 5.50. The Hall–Kier alpha value is -2.49. The highest BCUT2D eigenvalue weighted by molar-refractivity contribution is 6.04. The zero-order chi connectivity index (χ0) is 13.0. The Kier molecular flexibility index (Phi) is 3.48. The fourth-order valence-corrected chi connectivity index (χ4v) is 1.62. The number of ketones is 1. The SMILES string of the molecule is O=C(/C=C/C1=CCC=C1)c1ccc([N+](=O)[O-])cc1. The van der Waals surface area contributed by atoms with Gasteiger partial charge in [0.2, 0.25) is 0 Å². The van der Waals surface area contributed by atoms with Gasteiger partial charge in [-0.1, -0.05) is 24.3 Å². The molecular formula is C14H11NO3. The van der Waals surface area contributed by atoms with E-state index in [1.165, 1.54) is 30.3 Å². The molecule has 0 unspecified atom stereocenters. The molecule has 0 bridgehead atoms. The van der Waals surface area contributed by atoms with Crippen LogP contribution in [-0.2, 0) is 0 Å². The van der Waals surface area contributed by atoms with Crippen molar-refractivity contribution >= 4 is 11.5 Å². The van der Waals surface area contributed by atoms with E-state index >= 15 is 0 Å². The minimum atomic E-state index is -0.488. The normalized spacial score (nSPS) is 13.9. The minimum absolute atomic E-state index is 0.0167. The van der Waals surface area contributed by atoms with Crippen molar-refractivity contribution in [2.75, 3.05) is 0 Å². The minimum Gasteiger partial charge on any atom is -0.289 e. The van der Waals surface area contributed by atoms with Gasteiger partial charge in [0.25, 0.3) is 5.69 Å². The fraction of sp³-hybridized carbons (Fsp3) is 0.0714. The molecule has 1 aliphatic carbocycles. The average Bonchev–Trinajstić information content (AvgIpc) is 2.89. The van der Waals surface area contributed by atoms with Crippen molar-refractivity contribution in [3.63, 3.8) is 0 Å². The lowest BCUT2D eigenvalue weighted by molar-refractivity contribution is -0.384. The second kappa shape index (κ2) is 5.23. The van der Waals surface area contributed by atoms with Gasteiger partial charge in [-0.3, -0.25) is 14.9 Å². The molecule has 1 aromatic rings. The van der Waals surface area contributed by atoms with Crippen LogP contribution in [0.4, 0.5) is 5.69 Å². The van der Waals surface area contributed by atoms with Crippen LogP contribution in [0.2, 0.25) is 0 Å². The molecule has 0 radical (unpaired) electrons. The van der Waals surface area contributed by atoms with Gasteiger partial charge < -0.3 is 0 Å². The molecule has 4 heteroatoms. The first kappa shape index (κ1) is 12.0. The molecule has 0 atom stereocenters. The molecule has 1 aromatic carbocycles. The number of nitrogens with zero attached hydrogens (tertiary/aromatic N) is 1. The van der Waals surface area contributed by atoms with Crippen LogP contribution in [0.1, 0.15) is 16.8 Å². The highest BCUT2D eigenvalue weighted by atomic mass is 16.6.